The summed E-state index contributed by atoms with van der Waals surface area (Å²) in [6.45, 7) is 0. The molecule has 0 aliphatic carbocycles. The summed E-state index contributed by atoms with van der Waals surface area (Å²) in [5.41, 5.74) is 3.02. The van der Waals surface area contributed by atoms with Crippen LogP contribution in [0.3, 0.4) is 0 Å². The van der Waals surface area contributed by atoms with Gasteiger partial charge in [-0.25, -0.2) is 0 Å². The maximum absolute atomic E-state index is 12.0. The average molecular weight is 421 g/mol. The molecule has 2 N–H and O–H groups in total. The van der Waals surface area contributed by atoms with Crippen molar-refractivity contribution in [1.82, 2.24) is 5.32 Å². The van der Waals surface area contributed by atoms with Crippen molar-refractivity contribution in [2.75, 3.05) is 7.11 Å². The number of methoxy groups -OCH3 is 1. The molecule has 0 saturated carbocycles. The molecule has 2 aromatic rings. The fourth-order valence-electron chi connectivity index (χ4n) is 3.01. The molecule has 7 nitrogen and oxygen atoms in total. The van der Waals surface area contributed by atoms with Crippen LogP contribution in [0, 0.1) is 0 Å². The molecule has 154 valence electrons. The molecule has 0 aliphatic rings. The van der Waals surface area contributed by atoms with Gasteiger partial charge in [0.2, 0.25) is 5.91 Å². The van der Waals surface area contributed by atoms with Crippen LogP contribution in [-0.4, -0.2) is 42.2 Å². The number of aliphatic carboxylic acids is 2. The maximum Gasteiger partial charge on any atom is 1.00 e. The van der Waals surface area contributed by atoms with Crippen LogP contribution in [0.5, 0.6) is 0 Å². The number of carboxylic acids is 2. The SMILES string of the molecule is CO[C@@H](C[C@@H](Cc1ccc(-c2ccccc2)cc1)NC(=O)CCC(=O)O)C(=O)[O-].[Na+]. The molecule has 0 fully saturated rings. The molecule has 1 amide bonds. The van der Waals surface area contributed by atoms with Crippen LogP contribution in [0.4, 0.5) is 0 Å². The molecular formula is C22H24NNaO6. The van der Waals surface area contributed by atoms with Gasteiger partial charge in [0, 0.05) is 19.6 Å². The largest absolute Gasteiger partial charge is 1.00 e. The molecule has 0 unspecified atom stereocenters. The van der Waals surface area contributed by atoms with Crippen molar-refractivity contribution >= 4 is 17.8 Å². The second-order valence-corrected chi connectivity index (χ2v) is 6.70. The third-order valence-corrected chi connectivity index (χ3v) is 4.52. The van der Waals surface area contributed by atoms with Crippen molar-refractivity contribution in [3.8, 4) is 11.1 Å². The summed E-state index contributed by atoms with van der Waals surface area (Å²) in [6.07, 6.45) is -1.26. The van der Waals surface area contributed by atoms with Crippen LogP contribution < -0.4 is 40.0 Å². The van der Waals surface area contributed by atoms with Gasteiger partial charge in [-0.05, 0) is 29.5 Å². The van der Waals surface area contributed by atoms with Crippen molar-refractivity contribution in [3.63, 3.8) is 0 Å². The van der Waals surface area contributed by atoms with E-state index in [0.717, 1.165) is 16.7 Å². The van der Waals surface area contributed by atoms with Gasteiger partial charge >= 0.3 is 35.5 Å². The first-order valence-corrected chi connectivity index (χ1v) is 9.28. The third kappa shape index (κ3) is 8.67. The monoisotopic (exact) mass is 421 g/mol. The summed E-state index contributed by atoms with van der Waals surface area (Å²) in [7, 11) is 1.26. The first kappa shape index (κ1) is 25.8. The molecule has 2 rings (SSSR count). The van der Waals surface area contributed by atoms with E-state index in [-0.39, 0.29) is 48.8 Å². The normalized spacial score (nSPS) is 12.3. The van der Waals surface area contributed by atoms with Crippen molar-refractivity contribution in [2.45, 2.75) is 37.8 Å². The Kier molecular flexibility index (Phi) is 11.4. The first-order valence-electron chi connectivity index (χ1n) is 9.28. The Balaban J connectivity index is 0.00000450. The fourth-order valence-corrected chi connectivity index (χ4v) is 3.01. The average Bonchev–Trinajstić information content (AvgIpc) is 2.71. The standard InChI is InChI=1S/C22H25NO6.Na/c1-29-19(22(27)28)14-18(23-20(24)11-12-21(25)26)13-15-7-9-17(10-8-15)16-5-3-2-4-6-16;/h2-10,18-19H,11-14H2,1H3,(H,23,24)(H,25,26)(H,27,28);/q;+1/p-1/t18-,19+;/m1./s1. The molecule has 0 saturated heterocycles. The molecule has 0 aliphatic heterocycles. The van der Waals surface area contributed by atoms with E-state index in [4.69, 9.17) is 9.84 Å². The summed E-state index contributed by atoms with van der Waals surface area (Å²) in [5.74, 6) is -2.89. The predicted octanol–water partition coefficient (Wildman–Crippen LogP) is -1.60. The Labute approximate surface area is 197 Å². The molecule has 0 radical (unpaired) electrons. The van der Waals surface area contributed by atoms with E-state index < -0.39 is 30.0 Å². The fraction of sp³-hybridized carbons (Fsp3) is 0.318. The minimum Gasteiger partial charge on any atom is -0.547 e. The van der Waals surface area contributed by atoms with Gasteiger partial charge < -0.3 is 25.1 Å². The van der Waals surface area contributed by atoms with Crippen molar-refractivity contribution in [1.29, 1.82) is 0 Å². The van der Waals surface area contributed by atoms with Gasteiger partial charge in [0.05, 0.1) is 18.5 Å². The zero-order chi connectivity index (χ0) is 21.2. The van der Waals surface area contributed by atoms with E-state index in [2.05, 4.69) is 5.32 Å². The molecule has 2 atom stereocenters. The third-order valence-electron chi connectivity index (χ3n) is 4.52. The maximum atomic E-state index is 12.0. The number of carboxylic acid groups (broad SMARTS) is 2. The summed E-state index contributed by atoms with van der Waals surface area (Å²) in [6, 6.07) is 17.1. The number of carbonyl (C=O) groups is 3. The van der Waals surface area contributed by atoms with Gasteiger partial charge in [0.25, 0.3) is 0 Å². The van der Waals surface area contributed by atoms with E-state index in [9.17, 15) is 19.5 Å². The van der Waals surface area contributed by atoms with E-state index in [1.54, 1.807) is 0 Å². The van der Waals surface area contributed by atoms with Gasteiger partial charge in [0.15, 0.2) is 0 Å². The molecule has 2 aromatic carbocycles. The Morgan fingerprint density at radius 2 is 1.60 bits per heavy atom. The molecule has 0 heterocycles. The van der Waals surface area contributed by atoms with Crippen LogP contribution in [0.25, 0.3) is 11.1 Å². The van der Waals surface area contributed by atoms with Crippen LogP contribution in [0.1, 0.15) is 24.8 Å². The second-order valence-electron chi connectivity index (χ2n) is 6.70. The van der Waals surface area contributed by atoms with Gasteiger partial charge in [-0.15, -0.1) is 0 Å². The van der Waals surface area contributed by atoms with Crippen molar-refractivity contribution in [3.05, 3.63) is 60.2 Å². The zero-order valence-corrected chi connectivity index (χ0v) is 19.2. The molecule has 30 heavy (non-hydrogen) atoms. The van der Waals surface area contributed by atoms with E-state index >= 15 is 0 Å². The van der Waals surface area contributed by atoms with Gasteiger partial charge in [0.1, 0.15) is 0 Å². The smallest absolute Gasteiger partial charge is 0.547 e. The summed E-state index contributed by atoms with van der Waals surface area (Å²) in [5, 5.41) is 22.6. The van der Waals surface area contributed by atoms with Crippen LogP contribution >= 0.6 is 0 Å². The molecule has 8 heteroatoms. The van der Waals surface area contributed by atoms with Gasteiger partial charge in [-0.2, -0.15) is 0 Å². The predicted molar refractivity (Wildman–Crippen MR) is 105 cm³/mol. The minimum atomic E-state index is -1.36. The molecule has 0 aromatic heterocycles. The summed E-state index contributed by atoms with van der Waals surface area (Å²) >= 11 is 0. The summed E-state index contributed by atoms with van der Waals surface area (Å²) in [4.78, 5) is 33.9. The molecular weight excluding hydrogens is 397 g/mol. The number of benzene rings is 2. The number of nitrogens with one attached hydrogen (secondary N) is 1. The topological polar surface area (TPSA) is 116 Å². The zero-order valence-electron chi connectivity index (χ0n) is 17.2. The van der Waals surface area contributed by atoms with Crippen LogP contribution in [-0.2, 0) is 25.5 Å². The van der Waals surface area contributed by atoms with E-state index in [1.807, 2.05) is 54.6 Å². The Hall–Kier alpha value is -2.19. The number of amides is 1. The van der Waals surface area contributed by atoms with Crippen molar-refractivity contribution in [2.24, 2.45) is 0 Å². The van der Waals surface area contributed by atoms with E-state index in [1.165, 1.54) is 7.11 Å². The number of carbonyl (C=O) groups excluding carboxylic acids is 2. The minimum absolute atomic E-state index is 0. The number of hydrogen-bond donors (Lipinski definition) is 2. The van der Waals surface area contributed by atoms with Gasteiger partial charge in [-0.1, -0.05) is 54.6 Å². The van der Waals surface area contributed by atoms with Crippen LogP contribution in [0.15, 0.2) is 54.6 Å². The number of ether oxygens (including phenoxy) is 1. The first-order chi connectivity index (χ1) is 13.9. The van der Waals surface area contributed by atoms with Gasteiger partial charge in [-0.3, -0.25) is 9.59 Å². The van der Waals surface area contributed by atoms with Crippen LogP contribution in [0.2, 0.25) is 0 Å². The Morgan fingerprint density at radius 1 is 1.00 bits per heavy atom. The second kappa shape index (κ2) is 13.2. The summed E-state index contributed by atoms with van der Waals surface area (Å²) < 4.78 is 4.93. The number of hydrogen-bond acceptors (Lipinski definition) is 5. The number of rotatable bonds is 11. The van der Waals surface area contributed by atoms with Crippen molar-refractivity contribution < 1.29 is 58.9 Å². The molecule has 0 bridgehead atoms. The quantitative estimate of drug-likeness (QED) is 0.423. The van der Waals surface area contributed by atoms with E-state index in [0.29, 0.717) is 6.42 Å². The Morgan fingerprint density at radius 3 is 2.13 bits per heavy atom. The Bertz CT molecular complexity index is 825. The molecule has 0 spiro atoms.